The normalized spacial score (nSPS) is 15.6. The van der Waals surface area contributed by atoms with Crippen molar-refractivity contribution < 1.29 is 0 Å². The van der Waals surface area contributed by atoms with Crippen molar-refractivity contribution in [1.82, 2.24) is 25.2 Å². The Morgan fingerprint density at radius 2 is 1.88 bits per heavy atom. The van der Waals surface area contributed by atoms with Gasteiger partial charge in [-0.3, -0.25) is 9.88 Å². The molecule has 0 aliphatic heterocycles. The van der Waals surface area contributed by atoms with Gasteiger partial charge in [0.1, 0.15) is 5.82 Å². The molecule has 5 nitrogen and oxygen atoms in total. The van der Waals surface area contributed by atoms with Gasteiger partial charge < -0.3 is 10.3 Å². The Hall–Kier alpha value is -3.28. The van der Waals surface area contributed by atoms with Crippen LogP contribution in [0.25, 0.3) is 11.0 Å². The van der Waals surface area contributed by atoms with Gasteiger partial charge in [0, 0.05) is 25.8 Å². The number of aromatic nitrogens is 3. The predicted molar refractivity (Wildman–Crippen MR) is 134 cm³/mol. The van der Waals surface area contributed by atoms with Crippen molar-refractivity contribution >= 4 is 11.0 Å². The Labute approximate surface area is 195 Å². The maximum atomic E-state index is 4.89. The molecule has 2 aromatic carbocycles. The lowest BCUT2D eigenvalue weighted by atomic mass is 9.90. The Kier molecular flexibility index (Phi) is 6.61. The van der Waals surface area contributed by atoms with E-state index in [-0.39, 0.29) is 6.04 Å². The van der Waals surface area contributed by atoms with Gasteiger partial charge in [-0.25, -0.2) is 4.98 Å². The molecule has 0 radical (unpaired) electrons. The SMILES string of the molecule is C=CCNCc1ccccc1CN(Cc1nc2ccccc2[nH]1)C1CCCc2cccnc21. The minimum atomic E-state index is 0.275. The van der Waals surface area contributed by atoms with E-state index in [0.717, 1.165) is 55.9 Å². The van der Waals surface area contributed by atoms with Gasteiger partial charge in [-0.15, -0.1) is 6.58 Å². The lowest BCUT2D eigenvalue weighted by Gasteiger charge is -2.35. The van der Waals surface area contributed by atoms with E-state index in [1.165, 1.54) is 28.8 Å². The molecule has 1 unspecified atom stereocenters. The minimum absolute atomic E-state index is 0.275. The number of hydrogen-bond donors (Lipinski definition) is 2. The number of fused-ring (bicyclic) bond motifs is 2. The molecular formula is C28H31N5. The highest BCUT2D eigenvalue weighted by Gasteiger charge is 2.28. The molecule has 168 valence electrons. The maximum absolute atomic E-state index is 4.89. The molecule has 0 amide bonds. The molecule has 33 heavy (non-hydrogen) atoms. The van der Waals surface area contributed by atoms with Crippen LogP contribution in [0.4, 0.5) is 0 Å². The number of imidazole rings is 1. The van der Waals surface area contributed by atoms with E-state index in [9.17, 15) is 0 Å². The largest absolute Gasteiger partial charge is 0.341 e. The number of nitrogens with one attached hydrogen (secondary N) is 2. The van der Waals surface area contributed by atoms with Gasteiger partial charge in [0.15, 0.2) is 0 Å². The van der Waals surface area contributed by atoms with Crippen LogP contribution < -0.4 is 5.32 Å². The molecule has 2 aromatic heterocycles. The van der Waals surface area contributed by atoms with Gasteiger partial charge in [0.2, 0.25) is 0 Å². The molecule has 1 aliphatic rings. The fourth-order valence-corrected chi connectivity index (χ4v) is 4.90. The molecule has 0 saturated heterocycles. The van der Waals surface area contributed by atoms with Crippen molar-refractivity contribution in [2.24, 2.45) is 0 Å². The van der Waals surface area contributed by atoms with E-state index in [4.69, 9.17) is 9.97 Å². The predicted octanol–water partition coefficient (Wildman–Crippen LogP) is 5.31. The summed E-state index contributed by atoms with van der Waals surface area (Å²) in [5.74, 6) is 1.00. The third kappa shape index (κ3) is 4.90. The topological polar surface area (TPSA) is 56.8 Å². The van der Waals surface area contributed by atoms with E-state index in [2.05, 4.69) is 76.4 Å². The summed E-state index contributed by atoms with van der Waals surface area (Å²) in [6.45, 7) is 7.06. The molecule has 5 rings (SSSR count). The average Bonchev–Trinajstić information content (AvgIpc) is 3.27. The van der Waals surface area contributed by atoms with E-state index < -0.39 is 0 Å². The monoisotopic (exact) mass is 437 g/mol. The molecule has 0 saturated carbocycles. The summed E-state index contributed by atoms with van der Waals surface area (Å²) in [5, 5.41) is 3.46. The van der Waals surface area contributed by atoms with Crippen molar-refractivity contribution in [2.45, 2.75) is 44.9 Å². The van der Waals surface area contributed by atoms with Gasteiger partial charge in [-0.2, -0.15) is 0 Å². The van der Waals surface area contributed by atoms with Crippen LogP contribution >= 0.6 is 0 Å². The van der Waals surface area contributed by atoms with Crippen LogP contribution in [0.1, 0.15) is 47.1 Å². The Morgan fingerprint density at radius 3 is 2.76 bits per heavy atom. The van der Waals surface area contributed by atoms with Crippen LogP contribution in [0.2, 0.25) is 0 Å². The zero-order valence-electron chi connectivity index (χ0n) is 19.0. The second kappa shape index (κ2) is 10.1. The van der Waals surface area contributed by atoms with Crippen molar-refractivity contribution in [3.8, 4) is 0 Å². The standard InChI is InChI=1S/C28H31N5/c1-2-16-29-18-22-9-3-4-10-23(22)19-33(20-27-31-24-13-5-6-14-25(24)32-27)26-15-7-11-21-12-8-17-30-28(21)26/h2-6,8-10,12-14,17,26,29H,1,7,11,15-16,18-20H2,(H,31,32). The first-order valence-electron chi connectivity index (χ1n) is 11.8. The highest BCUT2D eigenvalue weighted by Crippen LogP contribution is 2.35. The van der Waals surface area contributed by atoms with Crippen molar-refractivity contribution in [3.05, 3.63) is 108 Å². The summed E-state index contributed by atoms with van der Waals surface area (Å²) in [4.78, 5) is 15.8. The van der Waals surface area contributed by atoms with Crippen LogP contribution in [-0.2, 0) is 26.1 Å². The molecule has 2 N–H and O–H groups in total. The number of hydrogen-bond acceptors (Lipinski definition) is 4. The first kappa shape index (κ1) is 21.6. The molecule has 1 atom stereocenters. The van der Waals surface area contributed by atoms with Gasteiger partial charge in [-0.05, 0) is 54.2 Å². The van der Waals surface area contributed by atoms with Crippen molar-refractivity contribution in [3.63, 3.8) is 0 Å². The number of pyridine rings is 1. The lowest BCUT2D eigenvalue weighted by Crippen LogP contribution is -2.32. The lowest BCUT2D eigenvalue weighted by molar-refractivity contribution is 0.153. The number of aromatic amines is 1. The first-order chi connectivity index (χ1) is 16.3. The third-order valence-electron chi connectivity index (χ3n) is 6.49. The highest BCUT2D eigenvalue weighted by molar-refractivity contribution is 5.74. The number of nitrogens with zero attached hydrogens (tertiary/aromatic N) is 3. The minimum Gasteiger partial charge on any atom is -0.341 e. The van der Waals surface area contributed by atoms with Crippen LogP contribution in [0, 0.1) is 0 Å². The molecule has 4 aromatic rings. The van der Waals surface area contributed by atoms with Crippen molar-refractivity contribution in [2.75, 3.05) is 6.54 Å². The zero-order chi connectivity index (χ0) is 22.5. The summed E-state index contributed by atoms with van der Waals surface area (Å²) >= 11 is 0. The maximum Gasteiger partial charge on any atom is 0.121 e. The van der Waals surface area contributed by atoms with E-state index in [0.29, 0.717) is 0 Å². The Bertz CT molecular complexity index is 1190. The summed E-state index contributed by atoms with van der Waals surface area (Å²) in [7, 11) is 0. The molecule has 0 fully saturated rings. The van der Waals surface area contributed by atoms with Gasteiger partial charge in [0.25, 0.3) is 0 Å². The number of H-pyrrole nitrogens is 1. The summed E-state index contributed by atoms with van der Waals surface area (Å²) < 4.78 is 0. The fourth-order valence-electron chi connectivity index (χ4n) is 4.90. The first-order valence-corrected chi connectivity index (χ1v) is 11.8. The third-order valence-corrected chi connectivity index (χ3v) is 6.49. The second-order valence-electron chi connectivity index (χ2n) is 8.75. The van der Waals surface area contributed by atoms with E-state index >= 15 is 0 Å². The van der Waals surface area contributed by atoms with Crippen LogP contribution in [-0.4, -0.2) is 26.4 Å². The fraction of sp³-hybridized carbons (Fsp3) is 0.286. The quantitative estimate of drug-likeness (QED) is 0.275. The number of rotatable bonds is 9. The summed E-state index contributed by atoms with van der Waals surface area (Å²) in [6, 6.07) is 21.6. The zero-order valence-corrected chi connectivity index (χ0v) is 19.0. The highest BCUT2D eigenvalue weighted by atomic mass is 15.2. The molecule has 1 aliphatic carbocycles. The molecule has 0 spiro atoms. The number of benzene rings is 2. The molecule has 2 heterocycles. The number of para-hydroxylation sites is 2. The van der Waals surface area contributed by atoms with Crippen LogP contribution in [0.5, 0.6) is 0 Å². The van der Waals surface area contributed by atoms with E-state index in [1.54, 1.807) is 0 Å². The smallest absolute Gasteiger partial charge is 0.121 e. The summed E-state index contributed by atoms with van der Waals surface area (Å²) in [6.07, 6.45) is 7.24. The van der Waals surface area contributed by atoms with Gasteiger partial charge in [-0.1, -0.05) is 48.5 Å². The van der Waals surface area contributed by atoms with Gasteiger partial charge >= 0.3 is 0 Å². The van der Waals surface area contributed by atoms with Crippen LogP contribution in [0.3, 0.4) is 0 Å². The number of aryl methyl sites for hydroxylation is 1. The Balaban J connectivity index is 1.48. The molecule has 5 heteroatoms. The average molecular weight is 438 g/mol. The van der Waals surface area contributed by atoms with Crippen LogP contribution in [0.15, 0.2) is 79.5 Å². The van der Waals surface area contributed by atoms with Crippen molar-refractivity contribution in [1.29, 1.82) is 0 Å². The molecular weight excluding hydrogens is 406 g/mol. The molecule has 0 bridgehead atoms. The van der Waals surface area contributed by atoms with E-state index in [1.807, 2.05) is 18.3 Å². The Morgan fingerprint density at radius 1 is 1.03 bits per heavy atom. The van der Waals surface area contributed by atoms with Gasteiger partial charge in [0.05, 0.1) is 29.3 Å². The summed E-state index contributed by atoms with van der Waals surface area (Å²) in [5.41, 5.74) is 7.37. The second-order valence-corrected chi connectivity index (χ2v) is 8.75.